The number of carbonyl (C=O) groups is 2. The van der Waals surface area contributed by atoms with Crippen molar-refractivity contribution < 1.29 is 14.0 Å². The molecule has 0 spiro atoms. The zero-order valence-corrected chi connectivity index (χ0v) is 17.2. The van der Waals surface area contributed by atoms with E-state index in [-0.39, 0.29) is 29.5 Å². The van der Waals surface area contributed by atoms with E-state index in [2.05, 4.69) is 15.3 Å². The van der Waals surface area contributed by atoms with Crippen molar-refractivity contribution in [1.29, 1.82) is 0 Å². The molecule has 1 atom stereocenters. The van der Waals surface area contributed by atoms with Crippen molar-refractivity contribution in [2.75, 3.05) is 13.1 Å². The topological polar surface area (TPSA) is 75.2 Å². The Balaban J connectivity index is 1.38. The lowest BCUT2D eigenvalue weighted by Gasteiger charge is -2.36. The lowest BCUT2D eigenvalue weighted by atomic mass is 9.83. The van der Waals surface area contributed by atoms with E-state index in [4.69, 9.17) is 0 Å². The second-order valence-corrected chi connectivity index (χ2v) is 8.29. The number of nitrogens with zero attached hydrogens (tertiary/aromatic N) is 3. The molecule has 158 valence electrons. The molecule has 0 radical (unpaired) electrons. The van der Waals surface area contributed by atoms with Crippen LogP contribution in [0.2, 0.25) is 0 Å². The van der Waals surface area contributed by atoms with E-state index in [0.717, 1.165) is 44.2 Å². The minimum Gasteiger partial charge on any atom is -0.348 e. The van der Waals surface area contributed by atoms with Gasteiger partial charge in [-0.25, -0.2) is 14.4 Å². The summed E-state index contributed by atoms with van der Waals surface area (Å²) >= 11 is 0. The van der Waals surface area contributed by atoms with Crippen molar-refractivity contribution in [3.8, 4) is 0 Å². The second-order valence-electron chi connectivity index (χ2n) is 8.29. The molecule has 1 aromatic carbocycles. The highest BCUT2D eigenvalue weighted by atomic mass is 19.1. The highest BCUT2D eigenvalue weighted by Crippen LogP contribution is 2.31. The molecule has 1 N–H and O–H groups in total. The third-order valence-electron chi connectivity index (χ3n) is 6.16. The van der Waals surface area contributed by atoms with Gasteiger partial charge in [0.2, 0.25) is 5.91 Å². The van der Waals surface area contributed by atoms with Crippen LogP contribution in [0.5, 0.6) is 0 Å². The summed E-state index contributed by atoms with van der Waals surface area (Å²) in [5, 5.41) is 2.83. The number of aryl methyl sites for hydroxylation is 1. The lowest BCUT2D eigenvalue weighted by molar-refractivity contribution is -0.139. The van der Waals surface area contributed by atoms with Crippen LogP contribution < -0.4 is 5.32 Å². The van der Waals surface area contributed by atoms with Crippen LogP contribution in [0.3, 0.4) is 0 Å². The van der Waals surface area contributed by atoms with Gasteiger partial charge in [-0.2, -0.15) is 0 Å². The van der Waals surface area contributed by atoms with Crippen LogP contribution in [0.4, 0.5) is 4.39 Å². The van der Waals surface area contributed by atoms with Crippen LogP contribution in [0.15, 0.2) is 30.5 Å². The van der Waals surface area contributed by atoms with Crippen molar-refractivity contribution >= 4 is 11.8 Å². The number of likely N-dealkylation sites (tertiary alicyclic amines) is 1. The molecule has 1 aromatic heterocycles. The zero-order chi connectivity index (χ0) is 21.1. The molecular formula is C23H27FN4O2. The number of halogens is 1. The summed E-state index contributed by atoms with van der Waals surface area (Å²) in [6, 6.07) is 6.02. The quantitative estimate of drug-likeness (QED) is 0.820. The largest absolute Gasteiger partial charge is 0.348 e. The van der Waals surface area contributed by atoms with Crippen molar-refractivity contribution in [2.45, 2.75) is 51.5 Å². The molecule has 2 aliphatic rings. The number of rotatable bonds is 5. The molecule has 0 unspecified atom stereocenters. The second kappa shape index (κ2) is 8.90. The maximum Gasteiger partial charge on any atom is 0.254 e. The first-order chi connectivity index (χ1) is 14.5. The monoisotopic (exact) mass is 410 g/mol. The zero-order valence-electron chi connectivity index (χ0n) is 17.2. The van der Waals surface area contributed by atoms with E-state index >= 15 is 0 Å². The van der Waals surface area contributed by atoms with E-state index < -0.39 is 0 Å². The Morgan fingerprint density at radius 2 is 1.93 bits per heavy atom. The van der Waals surface area contributed by atoms with Gasteiger partial charge >= 0.3 is 0 Å². The van der Waals surface area contributed by atoms with E-state index in [9.17, 15) is 14.0 Å². The molecule has 6 nitrogen and oxygen atoms in total. The standard InChI is InChI=1S/C23H27FN4O2/c1-15-20(22(29)26-12-16-7-9-19(24)10-8-16)13-25-21(27-15)18-6-3-11-28(14-18)23(30)17-4-2-5-17/h7-10,13,17-18H,2-6,11-12,14H2,1H3,(H,26,29)/t18-/m0/s1. The molecule has 30 heavy (non-hydrogen) atoms. The maximum atomic E-state index is 13.0. The van der Waals surface area contributed by atoms with Gasteiger partial charge in [-0.3, -0.25) is 9.59 Å². The number of benzene rings is 1. The Kier molecular flexibility index (Phi) is 6.06. The number of nitrogens with one attached hydrogen (secondary N) is 1. The average Bonchev–Trinajstić information content (AvgIpc) is 2.72. The Morgan fingerprint density at radius 1 is 1.17 bits per heavy atom. The van der Waals surface area contributed by atoms with Crippen LogP contribution in [-0.2, 0) is 11.3 Å². The van der Waals surface area contributed by atoms with Crippen LogP contribution in [-0.4, -0.2) is 39.8 Å². The molecule has 7 heteroatoms. The Labute approximate surface area is 175 Å². The van der Waals surface area contributed by atoms with Gasteiger partial charge in [-0.1, -0.05) is 18.6 Å². The minimum absolute atomic E-state index is 0.109. The Bertz CT molecular complexity index is 927. The lowest BCUT2D eigenvalue weighted by Crippen LogP contribution is -2.44. The molecule has 1 aliphatic carbocycles. The fourth-order valence-electron chi connectivity index (χ4n) is 4.09. The van der Waals surface area contributed by atoms with Crippen molar-refractivity contribution in [1.82, 2.24) is 20.2 Å². The fourth-order valence-corrected chi connectivity index (χ4v) is 4.09. The summed E-state index contributed by atoms with van der Waals surface area (Å²) in [5.41, 5.74) is 1.87. The van der Waals surface area contributed by atoms with Gasteiger partial charge in [-0.15, -0.1) is 0 Å². The van der Waals surface area contributed by atoms with Gasteiger partial charge < -0.3 is 10.2 Å². The van der Waals surface area contributed by atoms with E-state index in [1.54, 1.807) is 25.3 Å². The SMILES string of the molecule is Cc1nc([C@H]2CCCN(C(=O)C3CCC3)C2)ncc1C(=O)NCc1ccc(F)cc1. The first kappa shape index (κ1) is 20.4. The highest BCUT2D eigenvalue weighted by molar-refractivity contribution is 5.94. The normalized spacial score (nSPS) is 19.3. The third kappa shape index (κ3) is 4.50. The molecule has 4 rings (SSSR count). The average molecular weight is 410 g/mol. The van der Waals surface area contributed by atoms with Crippen LogP contribution in [0.1, 0.15) is 65.5 Å². The van der Waals surface area contributed by atoms with Crippen LogP contribution in [0.25, 0.3) is 0 Å². The summed E-state index contributed by atoms with van der Waals surface area (Å²) in [4.78, 5) is 36.2. The van der Waals surface area contributed by atoms with E-state index in [0.29, 0.717) is 30.2 Å². The summed E-state index contributed by atoms with van der Waals surface area (Å²) in [6.45, 7) is 3.58. The molecular weight excluding hydrogens is 383 g/mol. The Morgan fingerprint density at radius 3 is 2.60 bits per heavy atom. The van der Waals surface area contributed by atoms with Gasteiger partial charge in [0.05, 0.1) is 11.3 Å². The summed E-state index contributed by atoms with van der Waals surface area (Å²) < 4.78 is 13.0. The van der Waals surface area contributed by atoms with E-state index in [1.807, 2.05) is 4.90 Å². The van der Waals surface area contributed by atoms with Gasteiger partial charge in [-0.05, 0) is 50.3 Å². The maximum absolute atomic E-state index is 13.0. The predicted octanol–water partition coefficient (Wildman–Crippen LogP) is 3.36. The fraction of sp³-hybridized carbons (Fsp3) is 0.478. The van der Waals surface area contributed by atoms with Gasteiger partial charge in [0.1, 0.15) is 11.6 Å². The molecule has 2 fully saturated rings. The summed E-state index contributed by atoms with van der Waals surface area (Å²) in [7, 11) is 0. The molecule has 2 heterocycles. The van der Waals surface area contributed by atoms with Crippen LogP contribution >= 0.6 is 0 Å². The smallest absolute Gasteiger partial charge is 0.254 e. The number of carbonyl (C=O) groups excluding carboxylic acids is 2. The van der Waals surface area contributed by atoms with Crippen LogP contribution in [0, 0.1) is 18.7 Å². The highest BCUT2D eigenvalue weighted by Gasteiger charge is 2.33. The summed E-state index contributed by atoms with van der Waals surface area (Å²) in [6.07, 6.45) is 6.65. The van der Waals surface area contributed by atoms with Gasteiger partial charge in [0.15, 0.2) is 0 Å². The molecule has 0 bridgehead atoms. The van der Waals surface area contributed by atoms with Crippen molar-refractivity contribution in [3.05, 3.63) is 58.9 Å². The predicted molar refractivity (Wildman–Crippen MR) is 110 cm³/mol. The number of hydrogen-bond donors (Lipinski definition) is 1. The van der Waals surface area contributed by atoms with Gasteiger partial charge in [0.25, 0.3) is 5.91 Å². The number of piperidine rings is 1. The number of aromatic nitrogens is 2. The first-order valence-corrected chi connectivity index (χ1v) is 10.7. The van der Waals surface area contributed by atoms with Crippen molar-refractivity contribution in [3.63, 3.8) is 0 Å². The molecule has 2 amide bonds. The van der Waals surface area contributed by atoms with Gasteiger partial charge in [0, 0.05) is 37.7 Å². The Hall–Kier alpha value is -2.83. The number of hydrogen-bond acceptors (Lipinski definition) is 4. The molecule has 1 saturated heterocycles. The number of amides is 2. The summed E-state index contributed by atoms with van der Waals surface area (Å²) in [5.74, 6) is 0.735. The van der Waals surface area contributed by atoms with E-state index in [1.165, 1.54) is 12.1 Å². The minimum atomic E-state index is -0.305. The molecule has 2 aromatic rings. The molecule has 1 aliphatic heterocycles. The van der Waals surface area contributed by atoms with Crippen molar-refractivity contribution in [2.24, 2.45) is 5.92 Å². The first-order valence-electron chi connectivity index (χ1n) is 10.7. The molecule has 1 saturated carbocycles. The third-order valence-corrected chi connectivity index (χ3v) is 6.16.